The van der Waals surface area contributed by atoms with E-state index < -0.39 is 15.3 Å². The van der Waals surface area contributed by atoms with Crippen molar-refractivity contribution in [2.24, 2.45) is 5.92 Å². The van der Waals surface area contributed by atoms with Gasteiger partial charge in [-0.3, -0.25) is 0 Å². The summed E-state index contributed by atoms with van der Waals surface area (Å²) in [5.74, 6) is 0.243. The second-order valence-electron chi connectivity index (χ2n) is 4.45. The van der Waals surface area contributed by atoms with Crippen LogP contribution in [0.1, 0.15) is 38.6 Å². The van der Waals surface area contributed by atoms with Crippen molar-refractivity contribution >= 4 is 21.4 Å². The number of thiophene rings is 1. The van der Waals surface area contributed by atoms with Crippen LogP contribution in [0.15, 0.2) is 17.5 Å². The zero-order valence-electron chi connectivity index (χ0n) is 10.1. The molecule has 16 heavy (non-hydrogen) atoms. The summed E-state index contributed by atoms with van der Waals surface area (Å²) in [6.07, 6.45) is 0. The van der Waals surface area contributed by atoms with Gasteiger partial charge in [0, 0.05) is 4.88 Å². The first-order valence-corrected chi connectivity index (χ1v) is 7.81. The Bertz CT molecular complexity index is 407. The number of sulfonamides is 1. The van der Waals surface area contributed by atoms with Gasteiger partial charge in [-0.2, -0.15) is 0 Å². The molecule has 0 saturated carbocycles. The average Bonchev–Trinajstić information content (AvgIpc) is 2.66. The predicted molar refractivity (Wildman–Crippen MR) is 69.1 cm³/mol. The van der Waals surface area contributed by atoms with E-state index in [2.05, 4.69) is 4.72 Å². The highest BCUT2D eigenvalue weighted by Gasteiger charge is 2.25. The molecule has 1 N–H and O–H groups in total. The monoisotopic (exact) mass is 261 g/mol. The molecule has 0 fully saturated rings. The molecule has 92 valence electrons. The minimum atomic E-state index is -3.21. The molecule has 0 amide bonds. The normalized spacial score (nSPS) is 14.6. The zero-order chi connectivity index (χ0) is 12.3. The smallest absolute Gasteiger partial charge is 0.212 e. The van der Waals surface area contributed by atoms with Gasteiger partial charge in [0.15, 0.2) is 0 Å². The Labute approximate surface area is 102 Å². The van der Waals surface area contributed by atoms with Crippen molar-refractivity contribution < 1.29 is 8.42 Å². The molecule has 1 atom stereocenters. The Morgan fingerprint density at radius 3 is 2.25 bits per heavy atom. The van der Waals surface area contributed by atoms with E-state index in [4.69, 9.17) is 0 Å². The lowest BCUT2D eigenvalue weighted by atomic mass is 10.0. The molecule has 0 bridgehead atoms. The molecule has 1 rings (SSSR count). The van der Waals surface area contributed by atoms with Crippen molar-refractivity contribution in [2.45, 2.75) is 39.0 Å². The molecule has 1 unspecified atom stereocenters. The predicted octanol–water partition coefficient (Wildman–Crippen LogP) is 2.77. The van der Waals surface area contributed by atoms with Crippen LogP contribution in [0.4, 0.5) is 0 Å². The number of hydrogen-bond acceptors (Lipinski definition) is 3. The van der Waals surface area contributed by atoms with Crippen molar-refractivity contribution in [2.75, 3.05) is 0 Å². The van der Waals surface area contributed by atoms with Crippen LogP contribution in [0, 0.1) is 5.92 Å². The Morgan fingerprint density at radius 1 is 1.25 bits per heavy atom. The topological polar surface area (TPSA) is 46.2 Å². The van der Waals surface area contributed by atoms with E-state index in [1.165, 1.54) is 0 Å². The standard InChI is InChI=1S/C11H19NO2S2/c1-8(2)11(10-6-5-7-15-10)12-16(13,14)9(3)4/h5-9,11-12H,1-4H3. The van der Waals surface area contributed by atoms with E-state index in [9.17, 15) is 8.42 Å². The van der Waals surface area contributed by atoms with Crippen LogP contribution in [0.5, 0.6) is 0 Å². The molecule has 1 aromatic rings. The summed E-state index contributed by atoms with van der Waals surface area (Å²) in [6.45, 7) is 7.42. The molecule has 0 saturated heterocycles. The molecule has 0 spiro atoms. The van der Waals surface area contributed by atoms with Crippen LogP contribution >= 0.6 is 11.3 Å². The largest absolute Gasteiger partial charge is 0.214 e. The first kappa shape index (κ1) is 13.7. The Morgan fingerprint density at radius 2 is 1.88 bits per heavy atom. The lowest BCUT2D eigenvalue weighted by molar-refractivity contribution is 0.466. The Kier molecular flexibility index (Phi) is 4.52. The third kappa shape index (κ3) is 3.30. The number of rotatable bonds is 5. The molecule has 0 aromatic carbocycles. The van der Waals surface area contributed by atoms with E-state index in [0.29, 0.717) is 0 Å². The lowest BCUT2D eigenvalue weighted by Crippen LogP contribution is -2.36. The maximum Gasteiger partial charge on any atom is 0.214 e. The summed E-state index contributed by atoms with van der Waals surface area (Å²) >= 11 is 1.58. The van der Waals surface area contributed by atoms with Gasteiger partial charge in [-0.15, -0.1) is 11.3 Å². The summed E-state index contributed by atoms with van der Waals surface area (Å²) in [7, 11) is -3.21. The summed E-state index contributed by atoms with van der Waals surface area (Å²) in [5, 5.41) is 1.57. The van der Waals surface area contributed by atoms with Gasteiger partial charge < -0.3 is 0 Å². The van der Waals surface area contributed by atoms with Gasteiger partial charge in [-0.05, 0) is 31.2 Å². The second kappa shape index (κ2) is 5.29. The SMILES string of the molecule is CC(C)C(NS(=O)(=O)C(C)C)c1cccs1. The van der Waals surface area contributed by atoms with Crippen molar-refractivity contribution in [3.05, 3.63) is 22.4 Å². The van der Waals surface area contributed by atoms with Gasteiger partial charge in [-0.25, -0.2) is 13.1 Å². The molecular weight excluding hydrogens is 242 g/mol. The first-order valence-electron chi connectivity index (χ1n) is 5.39. The van der Waals surface area contributed by atoms with Crippen molar-refractivity contribution in [3.63, 3.8) is 0 Å². The van der Waals surface area contributed by atoms with Gasteiger partial charge in [0.05, 0.1) is 11.3 Å². The molecule has 1 aromatic heterocycles. The highest BCUT2D eigenvalue weighted by atomic mass is 32.2. The maximum absolute atomic E-state index is 11.8. The highest BCUT2D eigenvalue weighted by Crippen LogP contribution is 2.26. The third-order valence-electron chi connectivity index (χ3n) is 2.43. The minimum Gasteiger partial charge on any atom is -0.212 e. The molecule has 3 nitrogen and oxygen atoms in total. The summed E-state index contributed by atoms with van der Waals surface area (Å²) in [5.41, 5.74) is 0. The van der Waals surface area contributed by atoms with E-state index in [1.54, 1.807) is 25.2 Å². The fourth-order valence-corrected chi connectivity index (χ4v) is 3.35. The Balaban J connectivity index is 2.91. The molecule has 0 radical (unpaired) electrons. The Hall–Kier alpha value is -0.390. The van der Waals surface area contributed by atoms with E-state index in [1.807, 2.05) is 31.4 Å². The van der Waals surface area contributed by atoms with E-state index >= 15 is 0 Å². The molecule has 1 heterocycles. The maximum atomic E-state index is 11.8. The van der Waals surface area contributed by atoms with Crippen molar-refractivity contribution in [1.82, 2.24) is 4.72 Å². The zero-order valence-corrected chi connectivity index (χ0v) is 11.7. The van der Waals surface area contributed by atoms with Crippen LogP contribution in [-0.4, -0.2) is 13.7 Å². The van der Waals surface area contributed by atoms with Gasteiger partial charge in [0.25, 0.3) is 0 Å². The lowest BCUT2D eigenvalue weighted by Gasteiger charge is -2.22. The molecule has 5 heteroatoms. The third-order valence-corrected chi connectivity index (χ3v) is 5.21. The van der Waals surface area contributed by atoms with Gasteiger partial charge >= 0.3 is 0 Å². The average molecular weight is 261 g/mol. The van der Waals surface area contributed by atoms with Gasteiger partial charge in [0.2, 0.25) is 10.0 Å². The summed E-state index contributed by atoms with van der Waals surface area (Å²) in [6, 6.07) is 3.80. The van der Waals surface area contributed by atoms with Crippen LogP contribution in [-0.2, 0) is 10.0 Å². The van der Waals surface area contributed by atoms with E-state index in [0.717, 1.165) is 4.88 Å². The fraction of sp³-hybridized carbons (Fsp3) is 0.636. The fourth-order valence-electron chi connectivity index (χ4n) is 1.30. The molecule has 0 aliphatic rings. The highest BCUT2D eigenvalue weighted by molar-refractivity contribution is 7.90. The number of hydrogen-bond donors (Lipinski definition) is 1. The molecule has 0 aliphatic carbocycles. The molecule has 0 aliphatic heterocycles. The first-order chi connectivity index (χ1) is 7.34. The van der Waals surface area contributed by atoms with Crippen molar-refractivity contribution in [3.8, 4) is 0 Å². The second-order valence-corrected chi connectivity index (χ2v) is 7.70. The molecular formula is C11H19NO2S2. The van der Waals surface area contributed by atoms with E-state index in [-0.39, 0.29) is 12.0 Å². The summed E-state index contributed by atoms with van der Waals surface area (Å²) < 4.78 is 26.4. The van der Waals surface area contributed by atoms with Crippen LogP contribution < -0.4 is 4.72 Å². The number of nitrogens with one attached hydrogen (secondary N) is 1. The van der Waals surface area contributed by atoms with Crippen LogP contribution in [0.3, 0.4) is 0 Å². The van der Waals surface area contributed by atoms with Crippen molar-refractivity contribution in [1.29, 1.82) is 0 Å². The van der Waals surface area contributed by atoms with Crippen LogP contribution in [0.25, 0.3) is 0 Å². The van der Waals surface area contributed by atoms with Gasteiger partial charge in [0.1, 0.15) is 0 Å². The summed E-state index contributed by atoms with van der Waals surface area (Å²) in [4.78, 5) is 1.07. The minimum absolute atomic E-state index is 0.118. The quantitative estimate of drug-likeness (QED) is 0.886. The van der Waals surface area contributed by atoms with Crippen LogP contribution in [0.2, 0.25) is 0 Å². The van der Waals surface area contributed by atoms with Gasteiger partial charge in [-0.1, -0.05) is 19.9 Å².